The number of nitro groups is 1. The van der Waals surface area contributed by atoms with E-state index >= 15 is 0 Å². The van der Waals surface area contributed by atoms with E-state index in [9.17, 15) is 10.1 Å². The molecule has 108 valence electrons. The van der Waals surface area contributed by atoms with Crippen LogP contribution in [0.2, 0.25) is 0 Å². The van der Waals surface area contributed by atoms with E-state index in [0.29, 0.717) is 23.7 Å². The molecule has 7 heteroatoms. The molecule has 0 saturated carbocycles. The van der Waals surface area contributed by atoms with Gasteiger partial charge in [-0.25, -0.2) is 0 Å². The SMILES string of the molecule is CCc1ccsc1CNc1nc2ccc([N+](=O)[O-])cc2o1. The summed E-state index contributed by atoms with van der Waals surface area (Å²) in [6.45, 7) is 2.75. The van der Waals surface area contributed by atoms with Crippen molar-refractivity contribution >= 4 is 34.1 Å². The minimum Gasteiger partial charge on any atom is -0.423 e. The number of fused-ring (bicyclic) bond motifs is 1. The lowest BCUT2D eigenvalue weighted by molar-refractivity contribution is -0.384. The number of aryl methyl sites for hydroxylation is 1. The van der Waals surface area contributed by atoms with Crippen molar-refractivity contribution in [2.24, 2.45) is 0 Å². The number of benzene rings is 1. The lowest BCUT2D eigenvalue weighted by Crippen LogP contribution is -1.99. The number of anilines is 1. The van der Waals surface area contributed by atoms with Gasteiger partial charge in [-0.1, -0.05) is 6.92 Å². The van der Waals surface area contributed by atoms with E-state index in [4.69, 9.17) is 4.42 Å². The number of oxazole rings is 1. The summed E-state index contributed by atoms with van der Waals surface area (Å²) in [7, 11) is 0. The molecular weight excluding hydrogens is 290 g/mol. The second-order valence-electron chi connectivity index (χ2n) is 4.50. The first-order valence-corrected chi connectivity index (χ1v) is 7.39. The van der Waals surface area contributed by atoms with Crippen molar-refractivity contribution in [2.75, 3.05) is 5.32 Å². The standard InChI is InChI=1S/C14H13N3O3S/c1-2-9-5-6-21-13(9)8-15-14-16-11-4-3-10(17(18)19)7-12(11)20-14/h3-7H,2,8H2,1H3,(H,15,16). The van der Waals surface area contributed by atoms with Crippen LogP contribution < -0.4 is 5.32 Å². The Morgan fingerprint density at radius 1 is 1.43 bits per heavy atom. The van der Waals surface area contributed by atoms with Gasteiger partial charge in [-0.3, -0.25) is 10.1 Å². The van der Waals surface area contributed by atoms with E-state index in [1.807, 2.05) is 0 Å². The fourth-order valence-corrected chi connectivity index (χ4v) is 3.01. The lowest BCUT2D eigenvalue weighted by Gasteiger charge is -2.01. The van der Waals surface area contributed by atoms with Crippen molar-refractivity contribution < 1.29 is 9.34 Å². The van der Waals surface area contributed by atoms with Gasteiger partial charge in [-0.15, -0.1) is 11.3 Å². The largest absolute Gasteiger partial charge is 0.423 e. The van der Waals surface area contributed by atoms with E-state index in [2.05, 4.69) is 28.7 Å². The van der Waals surface area contributed by atoms with E-state index in [1.54, 1.807) is 17.4 Å². The molecule has 2 heterocycles. The Labute approximate surface area is 124 Å². The normalized spacial score (nSPS) is 10.9. The van der Waals surface area contributed by atoms with E-state index in [-0.39, 0.29) is 5.69 Å². The molecule has 1 N–H and O–H groups in total. The molecule has 0 fully saturated rings. The van der Waals surface area contributed by atoms with Gasteiger partial charge in [-0.2, -0.15) is 4.98 Å². The predicted molar refractivity (Wildman–Crippen MR) is 81.7 cm³/mol. The fourth-order valence-electron chi connectivity index (χ4n) is 2.10. The molecule has 2 aromatic heterocycles. The zero-order valence-corrected chi connectivity index (χ0v) is 12.1. The van der Waals surface area contributed by atoms with Gasteiger partial charge >= 0.3 is 0 Å². The first-order chi connectivity index (χ1) is 10.2. The molecular formula is C14H13N3O3S. The summed E-state index contributed by atoms with van der Waals surface area (Å²) >= 11 is 1.69. The lowest BCUT2D eigenvalue weighted by atomic mass is 10.2. The molecule has 0 aliphatic carbocycles. The monoisotopic (exact) mass is 303 g/mol. The second-order valence-corrected chi connectivity index (χ2v) is 5.50. The highest BCUT2D eigenvalue weighted by Gasteiger charge is 2.12. The zero-order valence-electron chi connectivity index (χ0n) is 11.3. The quantitative estimate of drug-likeness (QED) is 0.569. The number of nitrogens with one attached hydrogen (secondary N) is 1. The Morgan fingerprint density at radius 3 is 3.05 bits per heavy atom. The Bertz CT molecular complexity index is 794. The van der Waals surface area contributed by atoms with Crippen LogP contribution in [0.25, 0.3) is 11.1 Å². The predicted octanol–water partition coefficient (Wildman–Crippen LogP) is 3.97. The van der Waals surface area contributed by atoms with Crippen molar-refractivity contribution in [3.05, 3.63) is 50.2 Å². The highest BCUT2D eigenvalue weighted by Crippen LogP contribution is 2.25. The van der Waals surface area contributed by atoms with Crippen LogP contribution in [0.15, 0.2) is 34.1 Å². The zero-order chi connectivity index (χ0) is 14.8. The molecule has 3 aromatic rings. The van der Waals surface area contributed by atoms with Crippen molar-refractivity contribution in [3.63, 3.8) is 0 Å². The topological polar surface area (TPSA) is 81.2 Å². The molecule has 0 unspecified atom stereocenters. The summed E-state index contributed by atoms with van der Waals surface area (Å²) in [6.07, 6.45) is 0.986. The first kappa shape index (κ1) is 13.6. The average molecular weight is 303 g/mol. The molecule has 0 radical (unpaired) electrons. The summed E-state index contributed by atoms with van der Waals surface area (Å²) in [6, 6.07) is 6.88. The number of nitro benzene ring substituents is 1. The fraction of sp³-hybridized carbons (Fsp3) is 0.214. The third kappa shape index (κ3) is 2.73. The highest BCUT2D eigenvalue weighted by atomic mass is 32.1. The van der Waals surface area contributed by atoms with Crippen molar-refractivity contribution in [2.45, 2.75) is 19.9 Å². The maximum absolute atomic E-state index is 10.7. The first-order valence-electron chi connectivity index (χ1n) is 6.51. The van der Waals surface area contributed by atoms with Gasteiger partial charge in [0.25, 0.3) is 11.7 Å². The minimum atomic E-state index is -0.450. The Morgan fingerprint density at radius 2 is 2.29 bits per heavy atom. The smallest absolute Gasteiger partial charge is 0.295 e. The van der Waals surface area contributed by atoms with Gasteiger partial charge in [0.05, 0.1) is 17.5 Å². The summed E-state index contributed by atoms with van der Waals surface area (Å²) < 4.78 is 5.51. The average Bonchev–Trinajstić information content (AvgIpc) is 3.09. The van der Waals surface area contributed by atoms with Gasteiger partial charge in [0.15, 0.2) is 5.58 Å². The maximum Gasteiger partial charge on any atom is 0.295 e. The number of hydrogen-bond donors (Lipinski definition) is 1. The van der Waals surface area contributed by atoms with Crippen molar-refractivity contribution in [1.82, 2.24) is 4.98 Å². The van der Waals surface area contributed by atoms with Crippen LogP contribution in [0.3, 0.4) is 0 Å². The Hall–Kier alpha value is -2.41. The molecule has 21 heavy (non-hydrogen) atoms. The number of non-ortho nitro benzene ring substituents is 1. The van der Waals surface area contributed by atoms with Crippen LogP contribution in [0.1, 0.15) is 17.4 Å². The number of thiophene rings is 1. The Kier molecular flexibility index (Phi) is 3.57. The number of nitrogens with zero attached hydrogens (tertiary/aromatic N) is 2. The van der Waals surface area contributed by atoms with Crippen molar-refractivity contribution in [3.8, 4) is 0 Å². The third-order valence-electron chi connectivity index (χ3n) is 3.20. The van der Waals surface area contributed by atoms with Gasteiger partial charge in [0.2, 0.25) is 0 Å². The summed E-state index contributed by atoms with van der Waals surface area (Å²) in [5.74, 6) is 0. The van der Waals surface area contributed by atoms with Gasteiger partial charge in [-0.05, 0) is 29.5 Å². The summed E-state index contributed by atoms with van der Waals surface area (Å²) in [4.78, 5) is 15.8. The van der Waals surface area contributed by atoms with E-state index in [0.717, 1.165) is 6.42 Å². The van der Waals surface area contributed by atoms with Crippen LogP contribution in [0.5, 0.6) is 0 Å². The van der Waals surface area contributed by atoms with Crippen LogP contribution in [0, 0.1) is 10.1 Å². The summed E-state index contributed by atoms with van der Waals surface area (Å²) in [5.41, 5.74) is 2.31. The molecule has 0 amide bonds. The summed E-state index contributed by atoms with van der Waals surface area (Å²) in [5, 5.41) is 15.9. The molecule has 1 aromatic carbocycles. The molecule has 6 nitrogen and oxygen atoms in total. The minimum absolute atomic E-state index is 0.00303. The maximum atomic E-state index is 10.7. The molecule has 0 saturated heterocycles. The molecule has 0 aliphatic heterocycles. The van der Waals surface area contributed by atoms with Crippen LogP contribution >= 0.6 is 11.3 Å². The van der Waals surface area contributed by atoms with E-state index < -0.39 is 4.92 Å². The van der Waals surface area contributed by atoms with Crippen LogP contribution in [0.4, 0.5) is 11.7 Å². The van der Waals surface area contributed by atoms with Gasteiger partial charge < -0.3 is 9.73 Å². The number of rotatable bonds is 5. The molecule has 0 atom stereocenters. The molecule has 0 bridgehead atoms. The third-order valence-corrected chi connectivity index (χ3v) is 4.16. The molecule has 3 rings (SSSR count). The number of aromatic nitrogens is 1. The van der Waals surface area contributed by atoms with Gasteiger partial charge in [0, 0.05) is 10.9 Å². The number of hydrogen-bond acceptors (Lipinski definition) is 6. The highest BCUT2D eigenvalue weighted by molar-refractivity contribution is 7.10. The Balaban J connectivity index is 1.80. The van der Waals surface area contributed by atoms with E-state index in [1.165, 1.54) is 22.6 Å². The van der Waals surface area contributed by atoms with Crippen LogP contribution in [-0.4, -0.2) is 9.91 Å². The molecule has 0 aliphatic rings. The van der Waals surface area contributed by atoms with Gasteiger partial charge in [0.1, 0.15) is 5.52 Å². The second kappa shape index (κ2) is 5.53. The van der Waals surface area contributed by atoms with Crippen molar-refractivity contribution in [1.29, 1.82) is 0 Å². The van der Waals surface area contributed by atoms with Crippen LogP contribution in [-0.2, 0) is 13.0 Å². The molecule has 0 spiro atoms.